The Bertz CT molecular complexity index is 1160. The molecule has 0 unspecified atom stereocenters. The second kappa shape index (κ2) is 8.50. The Kier molecular flexibility index (Phi) is 5.87. The molecule has 1 N–H and O–H groups in total. The maximum Gasteiger partial charge on any atom is 0.417 e. The molecule has 0 atom stereocenters. The highest BCUT2D eigenvalue weighted by Gasteiger charge is 2.35. The van der Waals surface area contributed by atoms with Crippen molar-refractivity contribution in [2.24, 2.45) is 0 Å². The molecule has 3 aromatic rings. The topological polar surface area (TPSA) is 67.3 Å². The first-order valence-electron chi connectivity index (χ1n) is 9.69. The van der Waals surface area contributed by atoms with Gasteiger partial charge in [-0.3, -0.25) is 4.79 Å². The van der Waals surface area contributed by atoms with Crippen LogP contribution in [0.15, 0.2) is 48.7 Å². The fourth-order valence-electron chi connectivity index (χ4n) is 3.21. The van der Waals surface area contributed by atoms with E-state index in [-0.39, 0.29) is 24.7 Å². The van der Waals surface area contributed by atoms with E-state index >= 15 is 0 Å². The number of rotatable bonds is 5. The first-order chi connectivity index (χ1) is 15.5. The maximum absolute atomic E-state index is 12.6. The fourth-order valence-corrected chi connectivity index (χ4v) is 3.21. The van der Waals surface area contributed by atoms with Gasteiger partial charge in [-0.2, -0.15) is 26.3 Å². The zero-order valence-corrected chi connectivity index (χ0v) is 16.7. The summed E-state index contributed by atoms with van der Waals surface area (Å²) in [6.07, 6.45) is -8.13. The molecule has 1 fully saturated rings. The first kappa shape index (κ1) is 22.8. The molecule has 3 heterocycles. The normalized spacial score (nSPS) is 14.9. The van der Waals surface area contributed by atoms with Gasteiger partial charge in [0, 0.05) is 36.8 Å². The SMILES string of the molecule is O=C(c1ccc2cc(Oc3ccc(C(F)(F)F)cn3)ccc2n1)N1CC(NCC(F)(F)F)C1. The van der Waals surface area contributed by atoms with E-state index in [1.807, 2.05) is 0 Å². The number of ether oxygens (including phenoxy) is 1. The minimum Gasteiger partial charge on any atom is -0.439 e. The Hall–Kier alpha value is -3.41. The Morgan fingerprint density at radius 3 is 2.45 bits per heavy atom. The molecule has 174 valence electrons. The van der Waals surface area contributed by atoms with E-state index < -0.39 is 36.4 Å². The highest BCUT2D eigenvalue weighted by molar-refractivity contribution is 5.95. The van der Waals surface area contributed by atoms with Gasteiger partial charge in [0.15, 0.2) is 0 Å². The average molecular weight is 470 g/mol. The fraction of sp³-hybridized carbons (Fsp3) is 0.286. The van der Waals surface area contributed by atoms with Crippen LogP contribution in [0, 0.1) is 0 Å². The van der Waals surface area contributed by atoms with Crippen molar-refractivity contribution in [2.45, 2.75) is 18.4 Å². The molecule has 0 bridgehead atoms. The van der Waals surface area contributed by atoms with Crippen LogP contribution in [0.1, 0.15) is 16.1 Å². The zero-order chi connectivity index (χ0) is 23.8. The average Bonchev–Trinajstić information content (AvgIpc) is 2.71. The molecule has 1 saturated heterocycles. The number of likely N-dealkylation sites (tertiary alicyclic amines) is 1. The van der Waals surface area contributed by atoms with Crippen LogP contribution in [-0.2, 0) is 6.18 Å². The first-order valence-corrected chi connectivity index (χ1v) is 9.69. The van der Waals surface area contributed by atoms with Gasteiger partial charge < -0.3 is 15.0 Å². The lowest BCUT2D eigenvalue weighted by molar-refractivity contribution is -0.137. The molecule has 12 heteroatoms. The maximum atomic E-state index is 12.6. The van der Waals surface area contributed by atoms with Crippen molar-refractivity contribution in [3.8, 4) is 11.6 Å². The Morgan fingerprint density at radius 1 is 1.06 bits per heavy atom. The van der Waals surface area contributed by atoms with Crippen molar-refractivity contribution in [2.75, 3.05) is 19.6 Å². The lowest BCUT2D eigenvalue weighted by Crippen LogP contribution is -2.61. The van der Waals surface area contributed by atoms with Crippen LogP contribution >= 0.6 is 0 Å². The Morgan fingerprint density at radius 2 is 1.82 bits per heavy atom. The lowest BCUT2D eigenvalue weighted by atomic mass is 10.1. The summed E-state index contributed by atoms with van der Waals surface area (Å²) in [7, 11) is 0. The van der Waals surface area contributed by atoms with Gasteiger partial charge in [-0.15, -0.1) is 0 Å². The van der Waals surface area contributed by atoms with Gasteiger partial charge in [-0.25, -0.2) is 9.97 Å². The minimum atomic E-state index is -4.49. The van der Waals surface area contributed by atoms with Crippen molar-refractivity contribution in [3.05, 3.63) is 59.9 Å². The van der Waals surface area contributed by atoms with Crippen LogP contribution in [0.4, 0.5) is 26.3 Å². The third-order valence-electron chi connectivity index (χ3n) is 4.93. The second-order valence-electron chi connectivity index (χ2n) is 7.44. The summed E-state index contributed by atoms with van der Waals surface area (Å²) in [6, 6.07) is 9.37. The molecule has 0 aliphatic carbocycles. The van der Waals surface area contributed by atoms with Crippen LogP contribution in [0.3, 0.4) is 0 Å². The predicted octanol–water partition coefficient (Wildman–Crippen LogP) is 4.42. The number of carbonyl (C=O) groups is 1. The summed E-state index contributed by atoms with van der Waals surface area (Å²) >= 11 is 0. The molecular weight excluding hydrogens is 454 g/mol. The van der Waals surface area contributed by atoms with E-state index in [0.717, 1.165) is 12.1 Å². The van der Waals surface area contributed by atoms with Gasteiger partial charge in [0.05, 0.1) is 17.6 Å². The zero-order valence-electron chi connectivity index (χ0n) is 16.7. The van der Waals surface area contributed by atoms with Gasteiger partial charge in [0.2, 0.25) is 5.88 Å². The lowest BCUT2D eigenvalue weighted by Gasteiger charge is -2.39. The molecule has 33 heavy (non-hydrogen) atoms. The molecule has 1 amide bonds. The quantitative estimate of drug-likeness (QED) is 0.560. The number of halogens is 6. The highest BCUT2D eigenvalue weighted by atomic mass is 19.4. The highest BCUT2D eigenvalue weighted by Crippen LogP contribution is 2.30. The third-order valence-corrected chi connectivity index (χ3v) is 4.93. The summed E-state index contributed by atoms with van der Waals surface area (Å²) in [6.45, 7) is -0.802. The number of aromatic nitrogens is 2. The van der Waals surface area contributed by atoms with Crippen molar-refractivity contribution < 1.29 is 35.9 Å². The van der Waals surface area contributed by atoms with Crippen LogP contribution < -0.4 is 10.1 Å². The summed E-state index contributed by atoms with van der Waals surface area (Å²) in [5.74, 6) is -0.0956. The molecule has 1 aliphatic heterocycles. The monoisotopic (exact) mass is 470 g/mol. The number of alkyl halides is 6. The van der Waals surface area contributed by atoms with Gasteiger partial charge in [0.1, 0.15) is 11.4 Å². The molecule has 0 spiro atoms. The van der Waals surface area contributed by atoms with Crippen molar-refractivity contribution in [1.82, 2.24) is 20.2 Å². The second-order valence-corrected chi connectivity index (χ2v) is 7.44. The summed E-state index contributed by atoms with van der Waals surface area (Å²) in [4.78, 5) is 21.9. The summed E-state index contributed by atoms with van der Waals surface area (Å²) in [5, 5.41) is 2.96. The van der Waals surface area contributed by atoms with E-state index in [1.54, 1.807) is 18.2 Å². The van der Waals surface area contributed by atoms with Gasteiger partial charge in [-0.05, 0) is 30.3 Å². The Balaban J connectivity index is 1.39. The molecule has 2 aromatic heterocycles. The smallest absolute Gasteiger partial charge is 0.417 e. The largest absolute Gasteiger partial charge is 0.439 e. The van der Waals surface area contributed by atoms with Crippen molar-refractivity contribution >= 4 is 16.8 Å². The van der Waals surface area contributed by atoms with E-state index in [4.69, 9.17) is 4.74 Å². The molecule has 0 saturated carbocycles. The molecule has 1 aromatic carbocycles. The summed E-state index contributed by atoms with van der Waals surface area (Å²) < 4.78 is 80.1. The van der Waals surface area contributed by atoms with Gasteiger partial charge in [-0.1, -0.05) is 6.07 Å². The predicted molar refractivity (Wildman–Crippen MR) is 105 cm³/mol. The number of nitrogens with zero attached hydrogens (tertiary/aromatic N) is 3. The Labute approximate surface area is 183 Å². The molecule has 0 radical (unpaired) electrons. The van der Waals surface area contributed by atoms with Crippen LogP contribution in [0.2, 0.25) is 0 Å². The number of hydrogen-bond acceptors (Lipinski definition) is 5. The van der Waals surface area contributed by atoms with E-state index in [0.29, 0.717) is 22.8 Å². The van der Waals surface area contributed by atoms with E-state index in [9.17, 15) is 31.1 Å². The number of nitrogens with one attached hydrogen (secondary N) is 1. The minimum absolute atomic E-state index is 0.0198. The number of amides is 1. The number of hydrogen-bond donors (Lipinski definition) is 1. The number of carbonyl (C=O) groups excluding carboxylic acids is 1. The van der Waals surface area contributed by atoms with E-state index in [1.165, 1.54) is 17.0 Å². The van der Waals surface area contributed by atoms with Crippen LogP contribution in [0.25, 0.3) is 10.9 Å². The molecule has 1 aliphatic rings. The standard InChI is InChI=1S/C21H16F6N4O2/c22-20(23,24)11-29-14-9-31(10-14)19(32)17-4-1-12-7-15(3-5-16(12)30-17)33-18-6-2-13(8-28-18)21(25,26)27/h1-8,14,29H,9-11H2. The third kappa shape index (κ3) is 5.51. The molecule has 4 rings (SSSR count). The molecular formula is C21H16F6N4O2. The number of pyridine rings is 2. The van der Waals surface area contributed by atoms with Gasteiger partial charge >= 0.3 is 12.4 Å². The molecule has 6 nitrogen and oxygen atoms in total. The number of benzene rings is 1. The van der Waals surface area contributed by atoms with Crippen molar-refractivity contribution in [1.29, 1.82) is 0 Å². The van der Waals surface area contributed by atoms with Crippen LogP contribution in [0.5, 0.6) is 11.6 Å². The van der Waals surface area contributed by atoms with Crippen molar-refractivity contribution in [3.63, 3.8) is 0 Å². The van der Waals surface area contributed by atoms with E-state index in [2.05, 4.69) is 15.3 Å². The summed E-state index contributed by atoms with van der Waals surface area (Å²) in [5.41, 5.74) is -0.268. The number of fused-ring (bicyclic) bond motifs is 1. The van der Waals surface area contributed by atoms with Crippen LogP contribution in [-0.4, -0.2) is 52.6 Å². The van der Waals surface area contributed by atoms with Gasteiger partial charge in [0.25, 0.3) is 5.91 Å².